The van der Waals surface area contributed by atoms with E-state index in [-0.39, 0.29) is 24.8 Å². The van der Waals surface area contributed by atoms with Crippen LogP contribution in [0.3, 0.4) is 0 Å². The highest BCUT2D eigenvalue weighted by Gasteiger charge is 2.34. The first kappa shape index (κ1) is 14.1. The van der Waals surface area contributed by atoms with Gasteiger partial charge >= 0.3 is 12.0 Å². The van der Waals surface area contributed by atoms with Gasteiger partial charge in [0.25, 0.3) is 0 Å². The summed E-state index contributed by atoms with van der Waals surface area (Å²) in [6.45, 7) is 3.32. The summed E-state index contributed by atoms with van der Waals surface area (Å²) in [5.41, 5.74) is 0. The minimum Gasteiger partial charge on any atom is -0.480 e. The molecule has 2 rings (SSSR count). The lowest BCUT2D eigenvalue weighted by atomic mass is 10.0. The Morgan fingerprint density at radius 1 is 1.37 bits per heavy atom. The van der Waals surface area contributed by atoms with Crippen LogP contribution in [0.5, 0.6) is 0 Å². The number of aliphatic carboxylic acids is 1. The van der Waals surface area contributed by atoms with Crippen molar-refractivity contribution in [3.05, 3.63) is 0 Å². The van der Waals surface area contributed by atoms with E-state index in [9.17, 15) is 9.59 Å². The van der Waals surface area contributed by atoms with Crippen molar-refractivity contribution in [2.45, 2.75) is 38.0 Å². The van der Waals surface area contributed by atoms with Gasteiger partial charge in [-0.05, 0) is 19.8 Å². The maximum Gasteiger partial charge on any atom is 0.328 e. The molecule has 19 heavy (non-hydrogen) atoms. The monoisotopic (exact) mass is 272 g/mol. The zero-order valence-corrected chi connectivity index (χ0v) is 11.0. The van der Waals surface area contributed by atoms with E-state index >= 15 is 0 Å². The van der Waals surface area contributed by atoms with E-state index in [0.717, 1.165) is 12.8 Å². The number of carbonyl (C=O) groups is 2. The highest BCUT2D eigenvalue weighted by molar-refractivity contribution is 5.83. The summed E-state index contributed by atoms with van der Waals surface area (Å²) >= 11 is 0. The molecule has 2 fully saturated rings. The van der Waals surface area contributed by atoms with Crippen molar-refractivity contribution in [3.63, 3.8) is 0 Å². The lowest BCUT2D eigenvalue weighted by molar-refractivity contribution is -0.147. The van der Waals surface area contributed by atoms with Gasteiger partial charge in [-0.1, -0.05) is 0 Å². The van der Waals surface area contributed by atoms with E-state index < -0.39 is 12.0 Å². The molecule has 108 valence electrons. The topological polar surface area (TPSA) is 88.1 Å². The minimum absolute atomic E-state index is 0.0485. The number of nitrogens with one attached hydrogen (secondary N) is 1. The number of urea groups is 1. The van der Waals surface area contributed by atoms with Gasteiger partial charge in [0.1, 0.15) is 0 Å². The van der Waals surface area contributed by atoms with Crippen LogP contribution >= 0.6 is 0 Å². The SMILES string of the molecule is CC1CC(NC(=O)N2CCOCC2C(=O)O)CCO1. The molecule has 3 atom stereocenters. The second kappa shape index (κ2) is 6.21. The lowest BCUT2D eigenvalue weighted by Gasteiger charge is -2.35. The average molecular weight is 272 g/mol. The predicted octanol–water partition coefficient (Wildman–Crippen LogP) is 0.0489. The van der Waals surface area contributed by atoms with Crippen LogP contribution in [0.15, 0.2) is 0 Å². The molecule has 0 bridgehead atoms. The first-order valence-corrected chi connectivity index (χ1v) is 6.57. The van der Waals surface area contributed by atoms with Crippen LogP contribution in [-0.2, 0) is 14.3 Å². The first-order chi connectivity index (χ1) is 9.08. The quantitative estimate of drug-likeness (QED) is 0.741. The first-order valence-electron chi connectivity index (χ1n) is 6.57. The molecule has 2 aliphatic rings. The van der Waals surface area contributed by atoms with Crippen LogP contribution in [0, 0.1) is 0 Å². The number of hydrogen-bond donors (Lipinski definition) is 2. The highest BCUT2D eigenvalue weighted by Crippen LogP contribution is 2.14. The molecular formula is C12H20N2O5. The Morgan fingerprint density at radius 2 is 2.16 bits per heavy atom. The number of carboxylic acid groups (broad SMARTS) is 1. The van der Waals surface area contributed by atoms with Crippen LogP contribution < -0.4 is 5.32 Å². The van der Waals surface area contributed by atoms with Gasteiger partial charge < -0.3 is 24.8 Å². The lowest BCUT2D eigenvalue weighted by Crippen LogP contribution is -2.57. The Hall–Kier alpha value is -1.34. The van der Waals surface area contributed by atoms with Crippen LogP contribution in [0.1, 0.15) is 19.8 Å². The molecule has 0 aliphatic carbocycles. The number of carbonyl (C=O) groups excluding carboxylic acids is 1. The van der Waals surface area contributed by atoms with Gasteiger partial charge in [0.15, 0.2) is 6.04 Å². The van der Waals surface area contributed by atoms with Crippen LogP contribution in [0.4, 0.5) is 4.79 Å². The summed E-state index contributed by atoms with van der Waals surface area (Å²) in [6.07, 6.45) is 1.64. The van der Waals surface area contributed by atoms with E-state index in [4.69, 9.17) is 14.6 Å². The number of hydrogen-bond acceptors (Lipinski definition) is 4. The molecule has 2 aliphatic heterocycles. The number of amides is 2. The second-order valence-electron chi connectivity index (χ2n) is 4.97. The molecule has 2 amide bonds. The third-order valence-corrected chi connectivity index (χ3v) is 3.49. The second-order valence-corrected chi connectivity index (χ2v) is 4.97. The number of nitrogens with zero attached hydrogens (tertiary/aromatic N) is 1. The third-order valence-electron chi connectivity index (χ3n) is 3.49. The number of carboxylic acids is 1. The van der Waals surface area contributed by atoms with Crippen LogP contribution in [0.25, 0.3) is 0 Å². The van der Waals surface area contributed by atoms with Gasteiger partial charge in [-0.3, -0.25) is 0 Å². The predicted molar refractivity (Wildman–Crippen MR) is 65.9 cm³/mol. The summed E-state index contributed by atoms with van der Waals surface area (Å²) in [6, 6.07) is -1.17. The molecule has 0 aromatic heterocycles. The Kier molecular flexibility index (Phi) is 4.60. The van der Waals surface area contributed by atoms with Crippen molar-refractivity contribution < 1.29 is 24.2 Å². The van der Waals surface area contributed by atoms with Crippen molar-refractivity contribution in [1.82, 2.24) is 10.2 Å². The average Bonchev–Trinajstić information content (AvgIpc) is 2.38. The molecular weight excluding hydrogens is 252 g/mol. The fourth-order valence-electron chi connectivity index (χ4n) is 2.44. The minimum atomic E-state index is -1.03. The molecule has 7 heteroatoms. The van der Waals surface area contributed by atoms with Gasteiger partial charge in [-0.2, -0.15) is 0 Å². The third kappa shape index (κ3) is 3.57. The Balaban J connectivity index is 1.92. The van der Waals surface area contributed by atoms with Gasteiger partial charge in [-0.25, -0.2) is 9.59 Å². The zero-order valence-electron chi connectivity index (χ0n) is 11.0. The smallest absolute Gasteiger partial charge is 0.328 e. The molecule has 3 unspecified atom stereocenters. The molecule has 0 aromatic carbocycles. The molecule has 7 nitrogen and oxygen atoms in total. The molecule has 2 saturated heterocycles. The number of rotatable bonds is 2. The number of morpholine rings is 1. The maximum absolute atomic E-state index is 12.1. The van der Waals surface area contributed by atoms with Gasteiger partial charge in [-0.15, -0.1) is 0 Å². The van der Waals surface area contributed by atoms with Crippen LogP contribution in [0.2, 0.25) is 0 Å². The molecule has 2 heterocycles. The van der Waals surface area contributed by atoms with E-state index in [2.05, 4.69) is 5.32 Å². The molecule has 0 saturated carbocycles. The van der Waals surface area contributed by atoms with Crippen molar-refractivity contribution in [2.24, 2.45) is 0 Å². The highest BCUT2D eigenvalue weighted by atomic mass is 16.5. The molecule has 0 radical (unpaired) electrons. The maximum atomic E-state index is 12.1. The molecule has 0 aromatic rings. The summed E-state index contributed by atoms with van der Waals surface area (Å²) in [5.74, 6) is -1.03. The Morgan fingerprint density at radius 3 is 2.84 bits per heavy atom. The van der Waals surface area contributed by atoms with Crippen molar-refractivity contribution in [2.75, 3.05) is 26.4 Å². The van der Waals surface area contributed by atoms with Crippen molar-refractivity contribution in [1.29, 1.82) is 0 Å². The van der Waals surface area contributed by atoms with Crippen molar-refractivity contribution in [3.8, 4) is 0 Å². The van der Waals surface area contributed by atoms with Gasteiger partial charge in [0.2, 0.25) is 0 Å². The van der Waals surface area contributed by atoms with Crippen LogP contribution in [-0.4, -0.2) is 66.6 Å². The van der Waals surface area contributed by atoms with E-state index in [1.54, 1.807) is 0 Å². The van der Waals surface area contributed by atoms with Gasteiger partial charge in [0, 0.05) is 19.2 Å². The summed E-state index contributed by atoms with van der Waals surface area (Å²) < 4.78 is 10.5. The molecule has 0 spiro atoms. The standard InChI is InChI=1S/C12H20N2O5/c1-8-6-9(2-4-19-8)13-12(17)14-3-5-18-7-10(14)11(15)16/h8-10H,2-7H2,1H3,(H,13,17)(H,15,16). The Labute approximate surface area is 111 Å². The Bertz CT molecular complexity index is 349. The van der Waals surface area contributed by atoms with E-state index in [0.29, 0.717) is 19.8 Å². The normalized spacial score (nSPS) is 31.8. The van der Waals surface area contributed by atoms with E-state index in [1.807, 2.05) is 6.92 Å². The summed E-state index contributed by atoms with van der Waals surface area (Å²) in [4.78, 5) is 24.6. The van der Waals surface area contributed by atoms with Crippen molar-refractivity contribution >= 4 is 12.0 Å². The number of ether oxygens (including phenoxy) is 2. The fraction of sp³-hybridized carbons (Fsp3) is 0.833. The molecule has 2 N–H and O–H groups in total. The van der Waals surface area contributed by atoms with E-state index in [1.165, 1.54) is 4.90 Å². The zero-order chi connectivity index (χ0) is 13.8. The largest absolute Gasteiger partial charge is 0.480 e. The fourth-order valence-corrected chi connectivity index (χ4v) is 2.44. The summed E-state index contributed by atoms with van der Waals surface area (Å²) in [7, 11) is 0. The summed E-state index contributed by atoms with van der Waals surface area (Å²) in [5, 5.41) is 12.0. The van der Waals surface area contributed by atoms with Gasteiger partial charge in [0.05, 0.1) is 19.3 Å².